The summed E-state index contributed by atoms with van der Waals surface area (Å²) in [6.45, 7) is 13.3. The van der Waals surface area contributed by atoms with E-state index >= 15 is 0 Å². The molecule has 27 atom stereocenters. The number of carboxylic acid groups (broad SMARTS) is 1. The van der Waals surface area contributed by atoms with E-state index in [0.29, 0.717) is 25.7 Å². The van der Waals surface area contributed by atoms with E-state index < -0.39 is 153 Å². The van der Waals surface area contributed by atoms with Crippen LogP contribution in [0.2, 0.25) is 0 Å². The highest BCUT2D eigenvalue weighted by Gasteiger charge is 2.70. The second-order valence-corrected chi connectivity index (χ2v) is 25.2. The maximum atomic E-state index is 13.2. The highest BCUT2D eigenvalue weighted by molar-refractivity contribution is 5.76. The fourth-order valence-corrected chi connectivity index (χ4v) is 16.0. The van der Waals surface area contributed by atoms with Crippen LogP contribution in [-0.4, -0.2) is 210 Å². The first kappa shape index (κ1) is 56.2. The number of allylic oxidation sites excluding steroid dienone is 2. The number of fused-ring (bicyclic) bond motifs is 7. The van der Waals surface area contributed by atoms with Crippen molar-refractivity contribution in [1.82, 2.24) is 0 Å². The first-order valence-electron chi connectivity index (χ1n) is 26.7. The summed E-state index contributed by atoms with van der Waals surface area (Å²) < 4.78 is 48.5. The van der Waals surface area contributed by atoms with Crippen LogP contribution < -0.4 is 0 Å². The molecule has 4 saturated carbocycles. The van der Waals surface area contributed by atoms with Gasteiger partial charge in [0.25, 0.3) is 0 Å². The van der Waals surface area contributed by atoms with Gasteiger partial charge >= 0.3 is 5.97 Å². The van der Waals surface area contributed by atoms with Crippen molar-refractivity contribution >= 4 is 5.97 Å². The van der Waals surface area contributed by atoms with Crippen molar-refractivity contribution in [3.8, 4) is 0 Å². The maximum absolute atomic E-state index is 13.2. The van der Waals surface area contributed by atoms with Gasteiger partial charge in [0, 0.05) is 5.41 Å². The van der Waals surface area contributed by atoms with E-state index in [0.717, 1.165) is 38.5 Å². The summed E-state index contributed by atoms with van der Waals surface area (Å²) in [6, 6.07) is 0. The van der Waals surface area contributed by atoms with Crippen LogP contribution in [0.1, 0.15) is 113 Å². The first-order chi connectivity index (χ1) is 34.2. The summed E-state index contributed by atoms with van der Waals surface area (Å²) >= 11 is 0. The lowest BCUT2D eigenvalue weighted by Crippen LogP contribution is -2.67. The second kappa shape index (κ2) is 20.3. The highest BCUT2D eigenvalue weighted by Crippen LogP contribution is 2.76. The normalized spacial score (nSPS) is 55.0. The molecule has 8 fully saturated rings. The number of carbonyl (C=O) groups is 1. The third-order valence-electron chi connectivity index (χ3n) is 20.8. The zero-order valence-corrected chi connectivity index (χ0v) is 43.2. The molecule has 9 rings (SSSR count). The average molecular weight is 1050 g/mol. The minimum atomic E-state index is -1.86. The van der Waals surface area contributed by atoms with E-state index in [-0.39, 0.29) is 46.0 Å². The standard InChI is InChI=1S/C52H84O21/c1-23-32(56)40(72-42-37(61)33(57)26(55)20-66-42)39(63)44(68-23)73-41-35(59)28(70-43-38(62)36(60)34(58)27(19-53)69-43)21-67-45(41)71-31-11-12-48(4)29(49(31,5)22-54)10-13-51(7)30(48)9-8-24-25-18-47(2,3)14-16-52(25,46(64)65)17-15-50(24,51)6/h8,23,25-45,53-63H,9-22H2,1-7H3,(H,64,65)/t23-,25-,26-,27+,28-,29?,30+,31-,32-,33-,34+,35-,36-,37+,38+,39+,40+,41+,42-,43-,44-,45-,48-,49-,50+,51+,52-/m0/s1. The predicted octanol–water partition coefficient (Wildman–Crippen LogP) is -0.191. The molecular formula is C52H84O21. The summed E-state index contributed by atoms with van der Waals surface area (Å²) in [5, 5.41) is 130. The fraction of sp³-hybridized carbons (Fsp3) is 0.942. The Hall–Kier alpha value is -1.55. The van der Waals surface area contributed by atoms with Crippen LogP contribution in [0, 0.1) is 50.2 Å². The van der Waals surface area contributed by atoms with Gasteiger partial charge in [0.15, 0.2) is 25.2 Å². The minimum Gasteiger partial charge on any atom is -0.481 e. The van der Waals surface area contributed by atoms with Crippen LogP contribution >= 0.6 is 0 Å². The van der Waals surface area contributed by atoms with Gasteiger partial charge in [-0.1, -0.05) is 53.2 Å². The molecule has 0 radical (unpaired) electrons. The van der Waals surface area contributed by atoms with Crippen molar-refractivity contribution in [3.05, 3.63) is 11.6 Å². The van der Waals surface area contributed by atoms with E-state index in [1.807, 2.05) is 6.92 Å². The van der Waals surface area contributed by atoms with E-state index in [1.54, 1.807) is 0 Å². The number of aliphatic carboxylic acids is 1. The van der Waals surface area contributed by atoms with E-state index in [1.165, 1.54) is 12.5 Å². The Morgan fingerprint density at radius 3 is 1.99 bits per heavy atom. The molecule has 418 valence electrons. The molecule has 9 aliphatic rings. The molecule has 0 aromatic heterocycles. The quantitative estimate of drug-likeness (QED) is 0.0942. The molecule has 4 saturated heterocycles. The van der Waals surface area contributed by atoms with E-state index in [9.17, 15) is 66.1 Å². The van der Waals surface area contributed by atoms with Gasteiger partial charge in [-0.3, -0.25) is 4.79 Å². The van der Waals surface area contributed by atoms with E-state index in [4.69, 9.17) is 37.9 Å². The van der Waals surface area contributed by atoms with Gasteiger partial charge in [-0.05, 0) is 111 Å². The number of ether oxygens (including phenoxy) is 8. The van der Waals surface area contributed by atoms with Crippen molar-refractivity contribution in [2.75, 3.05) is 26.4 Å². The first-order valence-corrected chi connectivity index (χ1v) is 26.7. The number of hydrogen-bond acceptors (Lipinski definition) is 20. The maximum Gasteiger partial charge on any atom is 0.310 e. The zero-order chi connectivity index (χ0) is 53.1. The topological polar surface area (TPSA) is 334 Å². The zero-order valence-electron chi connectivity index (χ0n) is 43.2. The third kappa shape index (κ3) is 9.10. The Balaban J connectivity index is 0.982. The smallest absolute Gasteiger partial charge is 0.310 e. The highest BCUT2D eigenvalue weighted by atomic mass is 16.8. The van der Waals surface area contributed by atoms with Gasteiger partial charge in [-0.15, -0.1) is 0 Å². The van der Waals surface area contributed by atoms with Crippen molar-refractivity contribution in [2.45, 2.75) is 229 Å². The largest absolute Gasteiger partial charge is 0.481 e. The summed E-state index contributed by atoms with van der Waals surface area (Å²) in [5.74, 6) is -0.589. The van der Waals surface area contributed by atoms with Crippen molar-refractivity contribution in [2.24, 2.45) is 50.2 Å². The molecule has 0 bridgehead atoms. The molecular weight excluding hydrogens is 961 g/mol. The van der Waals surface area contributed by atoms with Gasteiger partial charge < -0.3 is 99.2 Å². The van der Waals surface area contributed by atoms with Crippen molar-refractivity contribution in [1.29, 1.82) is 0 Å². The molecule has 4 heterocycles. The molecule has 73 heavy (non-hydrogen) atoms. The Kier molecular flexibility index (Phi) is 15.6. The minimum absolute atomic E-state index is 0.0263. The molecule has 0 amide bonds. The van der Waals surface area contributed by atoms with Crippen LogP contribution in [0.4, 0.5) is 0 Å². The summed E-state index contributed by atoms with van der Waals surface area (Å²) in [7, 11) is 0. The molecule has 4 aliphatic heterocycles. The molecule has 21 nitrogen and oxygen atoms in total. The number of aliphatic hydroxyl groups is 11. The molecule has 21 heteroatoms. The van der Waals surface area contributed by atoms with Crippen LogP contribution in [0.3, 0.4) is 0 Å². The van der Waals surface area contributed by atoms with E-state index in [2.05, 4.69) is 40.7 Å². The third-order valence-corrected chi connectivity index (χ3v) is 20.8. The number of rotatable bonds is 11. The number of carboxylic acids is 1. The van der Waals surface area contributed by atoms with Crippen molar-refractivity contribution < 1.29 is 104 Å². The predicted molar refractivity (Wildman–Crippen MR) is 251 cm³/mol. The lowest BCUT2D eigenvalue weighted by atomic mass is 9.33. The van der Waals surface area contributed by atoms with Crippen LogP contribution in [0.5, 0.6) is 0 Å². The summed E-state index contributed by atoms with van der Waals surface area (Å²) in [5.41, 5.74) is -0.985. The van der Waals surface area contributed by atoms with Gasteiger partial charge in [0.1, 0.15) is 79.4 Å². The molecule has 1 unspecified atom stereocenters. The van der Waals surface area contributed by atoms with Gasteiger partial charge in [0.05, 0.1) is 44.1 Å². The molecule has 0 spiro atoms. The monoisotopic (exact) mass is 1040 g/mol. The van der Waals surface area contributed by atoms with Gasteiger partial charge in [-0.2, -0.15) is 0 Å². The Labute approximate surface area is 426 Å². The molecule has 0 aromatic rings. The molecule has 0 aromatic carbocycles. The molecule has 5 aliphatic carbocycles. The Bertz CT molecular complexity index is 2010. The SMILES string of the molecule is C[C@@H]1O[C@@H](O[C@H]2[C@H](O[C@H]3CC[C@@]4(C)C(CC[C@]5(C)[C@@H]4CC=C4[C@@H]6CC(C)(C)CC[C@]6(C(=O)O)CC[C@]45C)[C@]3(C)CO)OC[C@H](O[C@@H]3O[C@H](CO)[C@@H](O)[C@H](O)[C@H]3O)[C@@H]2O)[C@H](O)[C@H](O[C@@H]2OC[C@H](O)[C@H](O)[C@H]2O)[C@H]1O. The Morgan fingerprint density at radius 1 is 0.644 bits per heavy atom. The second-order valence-electron chi connectivity index (χ2n) is 25.2. The number of aliphatic hydroxyl groups excluding tert-OH is 11. The lowest BCUT2D eigenvalue weighted by Gasteiger charge is -2.71. The van der Waals surface area contributed by atoms with Gasteiger partial charge in [0.2, 0.25) is 0 Å². The van der Waals surface area contributed by atoms with Gasteiger partial charge in [-0.25, -0.2) is 0 Å². The average Bonchev–Trinajstić information content (AvgIpc) is 3.34. The lowest BCUT2D eigenvalue weighted by molar-refractivity contribution is -0.389. The van der Waals surface area contributed by atoms with Crippen LogP contribution in [-0.2, 0) is 42.7 Å². The van der Waals surface area contributed by atoms with Crippen molar-refractivity contribution in [3.63, 3.8) is 0 Å². The number of hydrogen-bond donors (Lipinski definition) is 12. The molecule has 12 N–H and O–H groups in total. The summed E-state index contributed by atoms with van der Waals surface area (Å²) in [4.78, 5) is 13.2. The van der Waals surface area contributed by atoms with Crippen LogP contribution in [0.25, 0.3) is 0 Å². The van der Waals surface area contributed by atoms with Crippen LogP contribution in [0.15, 0.2) is 11.6 Å². The summed E-state index contributed by atoms with van der Waals surface area (Å²) in [6.07, 6.45) is -19.7. The fourth-order valence-electron chi connectivity index (χ4n) is 16.0. The Morgan fingerprint density at radius 2 is 1.30 bits per heavy atom.